The molecule has 0 aliphatic carbocycles. The van der Waals surface area contributed by atoms with Gasteiger partial charge in [0, 0.05) is 26.6 Å². The first-order chi connectivity index (χ1) is 13.3. The number of fused-ring (bicyclic) bond motifs is 1. The van der Waals surface area contributed by atoms with Gasteiger partial charge >= 0.3 is 0 Å². The zero-order chi connectivity index (χ0) is 20.1. The van der Waals surface area contributed by atoms with Gasteiger partial charge in [0.1, 0.15) is 16.5 Å². The molecule has 2 aliphatic heterocycles. The highest BCUT2D eigenvalue weighted by Crippen LogP contribution is 2.37. The van der Waals surface area contributed by atoms with Gasteiger partial charge in [-0.3, -0.25) is 4.79 Å². The summed E-state index contributed by atoms with van der Waals surface area (Å²) in [5.74, 6) is -0.830. The molecule has 0 saturated carbocycles. The van der Waals surface area contributed by atoms with Gasteiger partial charge in [-0.15, -0.1) is 10.2 Å². The van der Waals surface area contributed by atoms with Crippen LogP contribution in [0.5, 0.6) is 0 Å². The van der Waals surface area contributed by atoms with Crippen molar-refractivity contribution in [3.63, 3.8) is 0 Å². The summed E-state index contributed by atoms with van der Waals surface area (Å²) in [6.07, 6.45) is 1.08. The smallest absolute Gasteiger partial charge is 0.246 e. The van der Waals surface area contributed by atoms with Crippen LogP contribution in [-0.4, -0.2) is 51.4 Å². The van der Waals surface area contributed by atoms with Crippen LogP contribution < -0.4 is 0 Å². The van der Waals surface area contributed by atoms with Crippen LogP contribution in [0, 0.1) is 11.6 Å². The number of rotatable bonds is 3. The third kappa shape index (κ3) is 3.08. The number of amides is 1. The lowest BCUT2D eigenvalue weighted by Gasteiger charge is -2.29. The third-order valence-corrected chi connectivity index (χ3v) is 7.13. The minimum atomic E-state index is -4.25. The Kier molecular flexibility index (Phi) is 4.66. The molecule has 3 heterocycles. The molecule has 8 nitrogen and oxygen atoms in total. The summed E-state index contributed by atoms with van der Waals surface area (Å²) < 4.78 is 56.7. The third-order valence-electron chi connectivity index (χ3n) is 5.21. The summed E-state index contributed by atoms with van der Waals surface area (Å²) in [5, 5.41) is 8.29. The molecule has 1 amide bonds. The Labute approximate surface area is 160 Å². The van der Waals surface area contributed by atoms with Crippen molar-refractivity contribution in [2.24, 2.45) is 0 Å². The van der Waals surface area contributed by atoms with Crippen LogP contribution in [0.15, 0.2) is 23.1 Å². The topological polar surface area (TPSA) is 88.4 Å². The van der Waals surface area contributed by atoms with Crippen LogP contribution in [0.25, 0.3) is 0 Å². The van der Waals surface area contributed by atoms with E-state index in [1.54, 1.807) is 4.90 Å². The van der Waals surface area contributed by atoms with E-state index >= 15 is 0 Å². The van der Waals surface area contributed by atoms with Gasteiger partial charge in [-0.1, -0.05) is 0 Å². The molecular weight excluding hydrogens is 392 g/mol. The molecular formula is C17H19F2N5O3S. The first-order valence-electron chi connectivity index (χ1n) is 8.93. The van der Waals surface area contributed by atoms with E-state index in [0.717, 1.165) is 12.1 Å². The summed E-state index contributed by atoms with van der Waals surface area (Å²) in [7, 11) is -4.25. The van der Waals surface area contributed by atoms with E-state index in [0.29, 0.717) is 50.2 Å². The van der Waals surface area contributed by atoms with Crippen LogP contribution in [0.2, 0.25) is 0 Å². The second-order valence-electron chi connectivity index (χ2n) is 6.92. The van der Waals surface area contributed by atoms with Gasteiger partial charge in [0.05, 0.1) is 12.6 Å². The van der Waals surface area contributed by atoms with Crippen molar-refractivity contribution < 1.29 is 22.0 Å². The molecule has 0 unspecified atom stereocenters. The van der Waals surface area contributed by atoms with Crippen molar-refractivity contribution in [3.8, 4) is 0 Å². The van der Waals surface area contributed by atoms with Crippen molar-refractivity contribution >= 4 is 15.9 Å². The zero-order valence-electron chi connectivity index (χ0n) is 15.2. The van der Waals surface area contributed by atoms with E-state index in [1.165, 1.54) is 11.2 Å². The Morgan fingerprint density at radius 2 is 1.96 bits per heavy atom. The highest BCUT2D eigenvalue weighted by atomic mass is 32.2. The Balaban J connectivity index is 1.69. The number of carbonyl (C=O) groups excluding carboxylic acids is 1. The molecule has 0 bridgehead atoms. The molecule has 1 aromatic carbocycles. The number of hydrogen-bond donors (Lipinski definition) is 0. The molecule has 0 N–H and O–H groups in total. The second kappa shape index (κ2) is 6.89. The molecule has 2 aliphatic rings. The number of benzene rings is 1. The van der Waals surface area contributed by atoms with Crippen molar-refractivity contribution in [3.05, 3.63) is 41.5 Å². The SMILES string of the molecule is CC(=O)N1CCn2c(nnc2[C@@H]2CCCN2S(=O)(=O)c2cc(F)ccc2F)C1. The lowest BCUT2D eigenvalue weighted by molar-refractivity contribution is -0.130. The summed E-state index contributed by atoms with van der Waals surface area (Å²) in [6, 6.07) is 1.77. The summed E-state index contributed by atoms with van der Waals surface area (Å²) in [4.78, 5) is 12.5. The predicted molar refractivity (Wildman–Crippen MR) is 93.3 cm³/mol. The summed E-state index contributed by atoms with van der Waals surface area (Å²) >= 11 is 0. The fourth-order valence-corrected chi connectivity index (χ4v) is 5.52. The molecule has 2 aromatic rings. The molecule has 1 saturated heterocycles. The first kappa shape index (κ1) is 18.9. The molecule has 1 atom stereocenters. The van der Waals surface area contributed by atoms with Gasteiger partial charge in [0.15, 0.2) is 11.6 Å². The Morgan fingerprint density at radius 1 is 1.18 bits per heavy atom. The van der Waals surface area contributed by atoms with Gasteiger partial charge in [0.2, 0.25) is 15.9 Å². The van der Waals surface area contributed by atoms with E-state index in [1.807, 2.05) is 4.57 Å². The maximum Gasteiger partial charge on any atom is 0.246 e. The zero-order valence-corrected chi connectivity index (χ0v) is 16.0. The average molecular weight is 411 g/mol. The second-order valence-corrected chi connectivity index (χ2v) is 8.77. The number of halogens is 2. The van der Waals surface area contributed by atoms with Crippen LogP contribution >= 0.6 is 0 Å². The minimum Gasteiger partial charge on any atom is -0.334 e. The number of aromatic nitrogens is 3. The van der Waals surface area contributed by atoms with Gasteiger partial charge in [-0.25, -0.2) is 17.2 Å². The van der Waals surface area contributed by atoms with Crippen LogP contribution in [0.4, 0.5) is 8.78 Å². The lowest BCUT2D eigenvalue weighted by atomic mass is 10.2. The molecule has 150 valence electrons. The van der Waals surface area contributed by atoms with Gasteiger partial charge in [-0.2, -0.15) is 4.31 Å². The number of nitrogens with zero attached hydrogens (tertiary/aromatic N) is 5. The number of carbonyl (C=O) groups is 1. The van der Waals surface area contributed by atoms with E-state index in [4.69, 9.17) is 0 Å². The quantitative estimate of drug-likeness (QED) is 0.763. The molecule has 11 heteroatoms. The van der Waals surface area contributed by atoms with Crippen LogP contribution in [-0.2, 0) is 27.9 Å². The van der Waals surface area contributed by atoms with E-state index in [-0.39, 0.29) is 12.5 Å². The fraction of sp³-hybridized carbons (Fsp3) is 0.471. The molecule has 1 fully saturated rings. The van der Waals surface area contributed by atoms with Crippen molar-refractivity contribution in [2.45, 2.75) is 43.8 Å². The van der Waals surface area contributed by atoms with E-state index in [9.17, 15) is 22.0 Å². The number of sulfonamides is 1. The largest absolute Gasteiger partial charge is 0.334 e. The highest BCUT2D eigenvalue weighted by Gasteiger charge is 2.41. The molecule has 28 heavy (non-hydrogen) atoms. The van der Waals surface area contributed by atoms with Gasteiger partial charge in [-0.05, 0) is 31.0 Å². The Bertz CT molecular complexity index is 1040. The standard InChI is InChI=1S/C17H19F2N5O3S/c1-11(25)22-7-8-23-16(10-22)20-21-17(23)14-3-2-6-24(14)28(26,27)15-9-12(18)4-5-13(15)19/h4-5,9,14H,2-3,6-8,10H2,1H3/t14-/m0/s1. The Morgan fingerprint density at radius 3 is 2.71 bits per heavy atom. The Hall–Kier alpha value is -2.40. The van der Waals surface area contributed by atoms with E-state index in [2.05, 4.69) is 10.2 Å². The van der Waals surface area contributed by atoms with Crippen molar-refractivity contribution in [2.75, 3.05) is 13.1 Å². The lowest BCUT2D eigenvalue weighted by Crippen LogP contribution is -2.38. The molecule has 1 aromatic heterocycles. The van der Waals surface area contributed by atoms with E-state index < -0.39 is 32.6 Å². The van der Waals surface area contributed by atoms with Crippen molar-refractivity contribution in [1.29, 1.82) is 0 Å². The highest BCUT2D eigenvalue weighted by molar-refractivity contribution is 7.89. The van der Waals surface area contributed by atoms with Crippen LogP contribution in [0.1, 0.15) is 37.5 Å². The predicted octanol–water partition coefficient (Wildman–Crippen LogP) is 1.44. The maximum absolute atomic E-state index is 14.1. The molecule has 0 radical (unpaired) electrons. The minimum absolute atomic E-state index is 0.0672. The van der Waals surface area contributed by atoms with Crippen LogP contribution in [0.3, 0.4) is 0 Å². The molecule has 0 spiro atoms. The summed E-state index contributed by atoms with van der Waals surface area (Å²) in [6.45, 7) is 2.90. The molecule has 4 rings (SSSR count). The van der Waals surface area contributed by atoms with Gasteiger partial charge in [0.25, 0.3) is 0 Å². The average Bonchev–Trinajstić information content (AvgIpc) is 3.29. The van der Waals surface area contributed by atoms with Crippen molar-refractivity contribution in [1.82, 2.24) is 24.0 Å². The monoisotopic (exact) mass is 411 g/mol. The fourth-order valence-electron chi connectivity index (χ4n) is 3.78. The maximum atomic E-state index is 14.1. The normalized spacial score (nSPS) is 20.4. The summed E-state index contributed by atoms with van der Waals surface area (Å²) in [5.41, 5.74) is 0. The number of hydrogen-bond acceptors (Lipinski definition) is 5. The van der Waals surface area contributed by atoms with Gasteiger partial charge < -0.3 is 9.47 Å². The first-order valence-corrected chi connectivity index (χ1v) is 10.4.